The first kappa shape index (κ1) is 62.4. The van der Waals surface area contributed by atoms with Crippen LogP contribution in [0.2, 0.25) is 0 Å². The summed E-state index contributed by atoms with van der Waals surface area (Å²) in [4.78, 5) is 37.6. The fraction of sp³-hybridized carbons (Fsp3) is 0.607. The molecule has 0 bridgehead atoms. The molecule has 2 unspecified atom stereocenters. The van der Waals surface area contributed by atoms with E-state index in [2.05, 4.69) is 123 Å². The van der Waals surface area contributed by atoms with Crippen molar-refractivity contribution in [2.75, 3.05) is 47.5 Å². The summed E-state index contributed by atoms with van der Waals surface area (Å²) in [5, 5.41) is 0. The van der Waals surface area contributed by atoms with Crippen LogP contribution in [0.25, 0.3) is 0 Å². The van der Waals surface area contributed by atoms with Gasteiger partial charge in [0.15, 0.2) is 6.10 Å². The highest BCUT2D eigenvalue weighted by atomic mass is 31.2. The van der Waals surface area contributed by atoms with Crippen molar-refractivity contribution in [3.63, 3.8) is 0 Å². The normalized spacial score (nSPS) is 14.5. The molecule has 0 fully saturated rings. The van der Waals surface area contributed by atoms with Gasteiger partial charge in [0, 0.05) is 12.8 Å². The number of hydrogen-bond acceptors (Lipinski definition) is 8. The van der Waals surface area contributed by atoms with Gasteiger partial charge in [0.2, 0.25) is 0 Å². The summed E-state index contributed by atoms with van der Waals surface area (Å²) < 4.78 is 33.9. The number of carbonyl (C=O) groups excluding carboxylic acids is 2. The summed E-state index contributed by atoms with van der Waals surface area (Å²) in [6.45, 7) is 3.88. The van der Waals surface area contributed by atoms with E-state index in [1.165, 1.54) is 38.5 Å². The van der Waals surface area contributed by atoms with Crippen molar-refractivity contribution in [1.29, 1.82) is 0 Å². The highest BCUT2D eigenvalue weighted by Crippen LogP contribution is 2.38. The van der Waals surface area contributed by atoms with Crippen LogP contribution in [0.15, 0.2) is 122 Å². The van der Waals surface area contributed by atoms with Crippen LogP contribution in [0.3, 0.4) is 0 Å². The van der Waals surface area contributed by atoms with Crippen molar-refractivity contribution >= 4 is 19.8 Å². The Kier molecular flexibility index (Phi) is 44.0. The lowest BCUT2D eigenvalue weighted by atomic mass is 10.0. The fourth-order valence-corrected chi connectivity index (χ4v) is 6.87. The first-order valence-electron chi connectivity index (χ1n) is 25.2. The number of phosphoric ester groups is 1. The number of allylic oxidation sites excluding steroid dienone is 20. The second-order valence-electron chi connectivity index (χ2n) is 17.4. The summed E-state index contributed by atoms with van der Waals surface area (Å²) in [5.74, 6) is -0.945. The molecule has 2 atom stereocenters. The molecule has 0 heterocycles. The average Bonchev–Trinajstić information content (AvgIpc) is 3.27. The Morgan fingerprint density at radius 2 is 0.848 bits per heavy atom. The standard InChI is InChI=1S/C56H92NO8P/c1-6-8-10-12-14-16-18-20-21-22-23-24-25-26-27-28-29-30-31-32-33-34-35-37-39-41-43-45-47-49-56(59)65-54(53-64-66(60,61)63-51-50-57(3,4)5)52-62-55(58)48-46-44-42-40-38-36-19-17-15-13-11-9-7-2/h8-11,14-17,20-21,23-24,26-27,29-30,36,38,42,44,54H,6-7,12-13,18-19,22,25,28,31-35,37,39-41,43,45-53H2,1-5H3/b10-8-,11-9-,16-14-,17-15-,21-20-,24-23-,27-26-,30-29-,38-36-,44-42-. The van der Waals surface area contributed by atoms with Crippen LogP contribution in [0.4, 0.5) is 0 Å². The van der Waals surface area contributed by atoms with E-state index in [1.807, 2.05) is 33.3 Å². The van der Waals surface area contributed by atoms with Gasteiger partial charge in [-0.05, 0) is 89.9 Å². The maximum absolute atomic E-state index is 12.7. The fourth-order valence-electron chi connectivity index (χ4n) is 6.14. The number of rotatable bonds is 44. The monoisotopic (exact) mass is 938 g/mol. The summed E-state index contributed by atoms with van der Waals surface area (Å²) >= 11 is 0. The van der Waals surface area contributed by atoms with Crippen LogP contribution in [0, 0.1) is 0 Å². The zero-order chi connectivity index (χ0) is 48.5. The molecular formula is C56H92NO8P. The molecule has 0 radical (unpaired) electrons. The molecule has 0 amide bonds. The van der Waals surface area contributed by atoms with Crippen LogP contribution in [-0.4, -0.2) is 70.0 Å². The molecule has 0 aromatic heterocycles. The smallest absolute Gasteiger partial charge is 0.306 e. The second-order valence-corrected chi connectivity index (χ2v) is 18.8. The van der Waals surface area contributed by atoms with Crippen molar-refractivity contribution in [1.82, 2.24) is 0 Å². The first-order chi connectivity index (χ1) is 32.0. The molecule has 0 spiro atoms. The molecule has 0 aromatic carbocycles. The molecule has 10 heteroatoms. The zero-order valence-electron chi connectivity index (χ0n) is 42.1. The van der Waals surface area contributed by atoms with Crippen molar-refractivity contribution in [3.05, 3.63) is 122 Å². The minimum absolute atomic E-state index is 0.0489. The van der Waals surface area contributed by atoms with Crippen molar-refractivity contribution in [2.24, 2.45) is 0 Å². The summed E-state index contributed by atoms with van der Waals surface area (Å²) in [5.41, 5.74) is 0. The van der Waals surface area contributed by atoms with Crippen LogP contribution in [0.1, 0.15) is 168 Å². The number of phosphoric acid groups is 1. The van der Waals surface area contributed by atoms with Crippen molar-refractivity contribution in [2.45, 2.75) is 174 Å². The van der Waals surface area contributed by atoms with Gasteiger partial charge in [-0.2, -0.15) is 0 Å². The largest absolute Gasteiger partial charge is 0.756 e. The summed E-state index contributed by atoms with van der Waals surface area (Å²) in [6.07, 6.45) is 65.4. The first-order valence-corrected chi connectivity index (χ1v) is 26.7. The molecule has 0 saturated heterocycles. The lowest BCUT2D eigenvalue weighted by Gasteiger charge is -2.28. The van der Waals surface area contributed by atoms with Crippen molar-refractivity contribution in [3.8, 4) is 0 Å². The second kappa shape index (κ2) is 46.5. The van der Waals surface area contributed by atoms with Crippen LogP contribution in [-0.2, 0) is 32.7 Å². The van der Waals surface area contributed by atoms with E-state index < -0.39 is 32.5 Å². The Balaban J connectivity index is 4.26. The molecule has 0 aliphatic rings. The Labute approximate surface area is 403 Å². The molecule has 0 N–H and O–H groups in total. The zero-order valence-corrected chi connectivity index (χ0v) is 43.0. The van der Waals surface area contributed by atoms with Gasteiger partial charge in [-0.25, -0.2) is 0 Å². The topological polar surface area (TPSA) is 111 Å². The minimum Gasteiger partial charge on any atom is -0.756 e. The van der Waals surface area contributed by atoms with Gasteiger partial charge in [0.25, 0.3) is 7.82 Å². The third-order valence-corrected chi connectivity index (χ3v) is 11.0. The minimum atomic E-state index is -4.65. The number of ether oxygens (including phenoxy) is 2. The molecule has 0 aliphatic carbocycles. The van der Waals surface area contributed by atoms with Gasteiger partial charge in [-0.15, -0.1) is 0 Å². The van der Waals surface area contributed by atoms with E-state index in [0.29, 0.717) is 23.9 Å². The third-order valence-electron chi connectivity index (χ3n) is 9.99. The van der Waals surface area contributed by atoms with Gasteiger partial charge >= 0.3 is 11.9 Å². The molecule has 374 valence electrons. The average molecular weight is 938 g/mol. The number of carbonyl (C=O) groups is 2. The molecule has 0 aliphatic heterocycles. The number of likely N-dealkylation sites (N-methyl/N-ethyl adjacent to an activating group) is 1. The molecular weight excluding hydrogens is 846 g/mol. The number of esters is 2. The van der Waals surface area contributed by atoms with Gasteiger partial charge in [-0.3, -0.25) is 14.2 Å². The third kappa shape index (κ3) is 49.8. The van der Waals surface area contributed by atoms with E-state index >= 15 is 0 Å². The van der Waals surface area contributed by atoms with E-state index in [4.69, 9.17) is 18.5 Å². The van der Waals surface area contributed by atoms with Gasteiger partial charge in [0.1, 0.15) is 19.8 Å². The maximum atomic E-state index is 12.7. The summed E-state index contributed by atoms with van der Waals surface area (Å²) in [6, 6.07) is 0. The van der Waals surface area contributed by atoms with Gasteiger partial charge < -0.3 is 27.9 Å². The number of nitrogens with zero attached hydrogens (tertiary/aromatic N) is 1. The van der Waals surface area contributed by atoms with Crippen LogP contribution in [0.5, 0.6) is 0 Å². The quantitative estimate of drug-likeness (QED) is 0.0195. The Bertz CT molecular complexity index is 1530. The van der Waals surface area contributed by atoms with E-state index in [1.54, 1.807) is 0 Å². The lowest BCUT2D eigenvalue weighted by molar-refractivity contribution is -0.870. The van der Waals surface area contributed by atoms with Crippen LogP contribution < -0.4 is 4.89 Å². The van der Waals surface area contributed by atoms with E-state index in [0.717, 1.165) is 89.9 Å². The predicted molar refractivity (Wildman–Crippen MR) is 277 cm³/mol. The molecule has 0 saturated carbocycles. The van der Waals surface area contributed by atoms with Crippen LogP contribution >= 0.6 is 7.82 Å². The number of quaternary nitrogens is 1. The highest BCUT2D eigenvalue weighted by molar-refractivity contribution is 7.45. The van der Waals surface area contributed by atoms with Gasteiger partial charge in [-0.1, -0.05) is 187 Å². The molecule has 9 nitrogen and oxygen atoms in total. The van der Waals surface area contributed by atoms with Crippen molar-refractivity contribution < 1.29 is 42.1 Å². The summed E-state index contributed by atoms with van der Waals surface area (Å²) in [7, 11) is 1.11. The Hall–Kier alpha value is -3.59. The predicted octanol–water partition coefficient (Wildman–Crippen LogP) is 14.6. The molecule has 0 aromatic rings. The number of hydrogen-bond donors (Lipinski definition) is 0. The van der Waals surface area contributed by atoms with E-state index in [9.17, 15) is 19.0 Å². The van der Waals surface area contributed by atoms with Gasteiger partial charge in [0.05, 0.1) is 27.7 Å². The maximum Gasteiger partial charge on any atom is 0.306 e. The number of unbranched alkanes of at least 4 members (excludes halogenated alkanes) is 10. The Morgan fingerprint density at radius 1 is 0.470 bits per heavy atom. The molecule has 66 heavy (non-hydrogen) atoms. The van der Waals surface area contributed by atoms with E-state index in [-0.39, 0.29) is 26.1 Å². The Morgan fingerprint density at radius 3 is 1.27 bits per heavy atom. The molecule has 0 rings (SSSR count). The highest BCUT2D eigenvalue weighted by Gasteiger charge is 2.21. The lowest BCUT2D eigenvalue weighted by Crippen LogP contribution is -2.37. The SMILES string of the molecule is CC/C=C\C/C=C\C/C=C\C/C=C\C/C=C\C/C=C\CCCCCCCCCCCCC(=O)OC(COC(=O)CC/C=C\C/C=C\C/C=C\C/C=C\CC)COP(=O)([O-])OCC[N+](C)(C)C.